The second-order valence-corrected chi connectivity index (χ2v) is 5.85. The summed E-state index contributed by atoms with van der Waals surface area (Å²) in [7, 11) is 0. The lowest BCUT2D eigenvalue weighted by atomic mass is 10.2. The lowest BCUT2D eigenvalue weighted by Crippen LogP contribution is -2.36. The van der Waals surface area contributed by atoms with Crippen molar-refractivity contribution >= 4 is 40.1 Å². The average molecular weight is 371 g/mol. The van der Waals surface area contributed by atoms with Gasteiger partial charge in [0.15, 0.2) is 5.82 Å². The third kappa shape index (κ3) is 4.82. The first-order valence-corrected chi connectivity index (χ1v) is 8.39. The Kier molecular flexibility index (Phi) is 5.67. The normalized spacial score (nSPS) is 13.7. The Morgan fingerprint density at radius 3 is 2.78 bits per heavy atom. The molecule has 5 N–H and O–H groups in total. The lowest BCUT2D eigenvalue weighted by Gasteiger charge is -2.26. The third-order valence-corrected chi connectivity index (χ3v) is 3.80. The zero-order valence-electron chi connectivity index (χ0n) is 14.8. The maximum atomic E-state index is 9.00. The number of hydrogen-bond acceptors (Lipinski definition) is 8. The Labute approximate surface area is 155 Å². The highest BCUT2D eigenvalue weighted by Gasteiger charge is 2.17. The molecule has 0 bridgehead atoms. The van der Waals surface area contributed by atoms with Gasteiger partial charge < -0.3 is 25.8 Å². The summed E-state index contributed by atoms with van der Waals surface area (Å²) in [6.07, 6.45) is 1.63. The highest BCUT2D eigenvalue weighted by Crippen LogP contribution is 2.28. The monoisotopic (exact) mass is 371 g/mol. The van der Waals surface area contributed by atoms with E-state index in [9.17, 15) is 0 Å². The number of aromatic amines is 1. The summed E-state index contributed by atoms with van der Waals surface area (Å²) >= 11 is 0. The van der Waals surface area contributed by atoms with Gasteiger partial charge in [0.2, 0.25) is 5.95 Å². The van der Waals surface area contributed by atoms with E-state index >= 15 is 0 Å². The summed E-state index contributed by atoms with van der Waals surface area (Å²) in [4.78, 5) is 19.3. The van der Waals surface area contributed by atoms with Gasteiger partial charge >= 0.3 is 0 Å². The van der Waals surface area contributed by atoms with E-state index in [1.54, 1.807) is 12.3 Å². The minimum Gasteiger partial charge on any atom is -0.481 e. The number of anilines is 4. The van der Waals surface area contributed by atoms with Crippen molar-refractivity contribution in [2.75, 3.05) is 42.3 Å². The van der Waals surface area contributed by atoms with Crippen LogP contribution in [0.25, 0.3) is 10.9 Å². The first-order chi connectivity index (χ1) is 13.0. The molecule has 2 aromatic heterocycles. The number of morpholine rings is 1. The molecule has 0 radical (unpaired) electrons. The van der Waals surface area contributed by atoms with E-state index in [1.807, 2.05) is 12.1 Å². The number of nitrogens with one attached hydrogen (secondary N) is 2. The number of aromatic nitrogens is 4. The molecule has 4 rings (SSSR count). The van der Waals surface area contributed by atoms with Crippen LogP contribution in [-0.2, 0) is 9.53 Å². The van der Waals surface area contributed by atoms with Gasteiger partial charge in [-0.15, -0.1) is 0 Å². The standard InChI is InChI=1S/C15H17N7O.C2H4O2/c16-15-17-4-3-13(19-15)18-10-1-2-12-11(9-10)14(21-20-12)22-5-7-23-8-6-22;1-2(3)4/h1-4,9H,5-8H2,(H,20,21)(H3,16,17,18,19);1H3,(H,3,4). The molecule has 0 aliphatic carbocycles. The summed E-state index contributed by atoms with van der Waals surface area (Å²) in [5.74, 6) is 1.02. The van der Waals surface area contributed by atoms with Crippen molar-refractivity contribution in [1.82, 2.24) is 20.2 Å². The van der Waals surface area contributed by atoms with Gasteiger partial charge in [-0.3, -0.25) is 9.89 Å². The van der Waals surface area contributed by atoms with E-state index < -0.39 is 5.97 Å². The van der Waals surface area contributed by atoms with E-state index in [0.29, 0.717) is 5.82 Å². The predicted molar refractivity (Wildman–Crippen MR) is 102 cm³/mol. The minimum atomic E-state index is -0.833. The molecule has 27 heavy (non-hydrogen) atoms. The van der Waals surface area contributed by atoms with E-state index in [4.69, 9.17) is 20.4 Å². The van der Waals surface area contributed by atoms with E-state index in [2.05, 4.69) is 36.4 Å². The predicted octanol–water partition coefficient (Wildman–Crippen LogP) is 1.61. The Bertz CT molecular complexity index is 918. The Hall–Kier alpha value is -3.40. The van der Waals surface area contributed by atoms with E-state index in [0.717, 1.165) is 55.6 Å². The number of ether oxygens (including phenoxy) is 1. The second-order valence-electron chi connectivity index (χ2n) is 5.85. The average Bonchev–Trinajstić information content (AvgIpc) is 3.05. The molecule has 1 fully saturated rings. The lowest BCUT2D eigenvalue weighted by molar-refractivity contribution is -0.134. The minimum absolute atomic E-state index is 0.244. The van der Waals surface area contributed by atoms with Gasteiger partial charge in [-0.1, -0.05) is 0 Å². The Balaban J connectivity index is 0.000000481. The number of nitrogens with zero attached hydrogens (tertiary/aromatic N) is 4. The Morgan fingerprint density at radius 2 is 2.07 bits per heavy atom. The van der Waals surface area contributed by atoms with Gasteiger partial charge in [-0.05, 0) is 24.3 Å². The van der Waals surface area contributed by atoms with Crippen molar-refractivity contribution in [3.8, 4) is 0 Å². The molecule has 1 aliphatic heterocycles. The van der Waals surface area contributed by atoms with Gasteiger partial charge in [0.25, 0.3) is 5.97 Å². The van der Waals surface area contributed by atoms with Crippen LogP contribution in [0.5, 0.6) is 0 Å². The van der Waals surface area contributed by atoms with Crippen molar-refractivity contribution in [2.45, 2.75) is 6.92 Å². The van der Waals surface area contributed by atoms with Crippen LogP contribution in [0.15, 0.2) is 30.5 Å². The zero-order chi connectivity index (χ0) is 19.2. The maximum Gasteiger partial charge on any atom is 0.300 e. The van der Waals surface area contributed by atoms with Crippen LogP contribution in [0.1, 0.15) is 6.92 Å². The van der Waals surface area contributed by atoms with Crippen molar-refractivity contribution < 1.29 is 14.6 Å². The number of H-pyrrole nitrogens is 1. The molecule has 0 atom stereocenters. The van der Waals surface area contributed by atoms with Crippen LogP contribution in [-0.4, -0.2) is 57.5 Å². The first-order valence-electron chi connectivity index (χ1n) is 8.39. The molecule has 0 unspecified atom stereocenters. The topological polar surface area (TPSA) is 142 Å². The molecule has 0 saturated carbocycles. The SMILES string of the molecule is CC(=O)O.Nc1nccc(Nc2ccc3[nH]nc(N4CCOCC4)c3c2)n1. The van der Waals surface area contributed by atoms with Crippen molar-refractivity contribution in [2.24, 2.45) is 0 Å². The number of fused-ring (bicyclic) bond motifs is 1. The molecule has 10 nitrogen and oxygen atoms in total. The van der Waals surface area contributed by atoms with Crippen LogP contribution < -0.4 is 16.0 Å². The molecule has 0 spiro atoms. The van der Waals surface area contributed by atoms with Gasteiger partial charge in [0, 0.05) is 37.3 Å². The fourth-order valence-corrected chi connectivity index (χ4v) is 2.69. The molecule has 1 aliphatic rings. The molecular weight excluding hydrogens is 350 g/mol. The maximum absolute atomic E-state index is 9.00. The zero-order valence-corrected chi connectivity index (χ0v) is 14.8. The molecule has 3 heterocycles. The quantitative estimate of drug-likeness (QED) is 0.540. The van der Waals surface area contributed by atoms with Crippen molar-refractivity contribution in [3.05, 3.63) is 30.5 Å². The summed E-state index contributed by atoms with van der Waals surface area (Å²) in [6.45, 7) is 4.24. The molecule has 0 amide bonds. The largest absolute Gasteiger partial charge is 0.481 e. The van der Waals surface area contributed by atoms with Crippen LogP contribution in [0.2, 0.25) is 0 Å². The summed E-state index contributed by atoms with van der Waals surface area (Å²) < 4.78 is 5.41. The van der Waals surface area contributed by atoms with Gasteiger partial charge in [-0.2, -0.15) is 10.1 Å². The van der Waals surface area contributed by atoms with Crippen molar-refractivity contribution in [1.29, 1.82) is 0 Å². The molecular formula is C17H21N7O3. The Morgan fingerprint density at radius 1 is 1.33 bits per heavy atom. The number of carboxylic acids is 1. The summed E-state index contributed by atoms with van der Waals surface area (Å²) in [6, 6.07) is 7.81. The number of carbonyl (C=O) groups is 1. The van der Waals surface area contributed by atoms with Gasteiger partial charge in [0.1, 0.15) is 5.82 Å². The smallest absolute Gasteiger partial charge is 0.300 e. The van der Waals surface area contributed by atoms with Crippen LogP contribution in [0.4, 0.5) is 23.3 Å². The highest BCUT2D eigenvalue weighted by atomic mass is 16.5. The van der Waals surface area contributed by atoms with Crippen LogP contribution in [0, 0.1) is 0 Å². The van der Waals surface area contributed by atoms with Crippen LogP contribution >= 0.6 is 0 Å². The molecule has 142 valence electrons. The molecule has 3 aromatic rings. The number of hydrogen-bond donors (Lipinski definition) is 4. The fraction of sp³-hybridized carbons (Fsp3) is 0.294. The number of nitrogens with two attached hydrogens (primary N) is 1. The molecule has 1 saturated heterocycles. The van der Waals surface area contributed by atoms with E-state index in [1.165, 1.54) is 0 Å². The molecule has 1 aromatic carbocycles. The highest BCUT2D eigenvalue weighted by molar-refractivity contribution is 5.93. The summed E-state index contributed by atoms with van der Waals surface area (Å²) in [5, 5.41) is 19.3. The molecule has 10 heteroatoms. The van der Waals surface area contributed by atoms with Gasteiger partial charge in [0.05, 0.1) is 18.7 Å². The number of rotatable bonds is 3. The van der Waals surface area contributed by atoms with E-state index in [-0.39, 0.29) is 5.95 Å². The van der Waals surface area contributed by atoms with Gasteiger partial charge in [-0.25, -0.2) is 4.98 Å². The number of benzene rings is 1. The number of nitrogen functional groups attached to an aromatic ring is 1. The summed E-state index contributed by atoms with van der Waals surface area (Å²) in [5.41, 5.74) is 7.53. The second kappa shape index (κ2) is 8.32. The third-order valence-electron chi connectivity index (χ3n) is 3.80. The fourth-order valence-electron chi connectivity index (χ4n) is 2.69. The van der Waals surface area contributed by atoms with Crippen molar-refractivity contribution in [3.63, 3.8) is 0 Å². The number of carboxylic acid groups (broad SMARTS) is 1. The number of aliphatic carboxylic acids is 1. The van der Waals surface area contributed by atoms with Crippen LogP contribution in [0.3, 0.4) is 0 Å². The first kappa shape index (κ1) is 18.4.